The van der Waals surface area contributed by atoms with Crippen LogP contribution in [0.25, 0.3) is 0 Å². The van der Waals surface area contributed by atoms with Crippen LogP contribution in [0.2, 0.25) is 5.02 Å². The summed E-state index contributed by atoms with van der Waals surface area (Å²) >= 11 is 5.50. The van der Waals surface area contributed by atoms with Crippen molar-refractivity contribution in [1.29, 1.82) is 0 Å². The highest BCUT2D eigenvalue weighted by atomic mass is 35.5. The molecule has 1 atom stereocenters. The third kappa shape index (κ3) is 3.24. The summed E-state index contributed by atoms with van der Waals surface area (Å²) in [6, 6.07) is 3.15. The first-order chi connectivity index (χ1) is 7.41. The third-order valence-corrected chi connectivity index (χ3v) is 1.98. The lowest BCUT2D eigenvalue weighted by Crippen LogP contribution is -2.12. The molecule has 0 spiro atoms. The normalized spacial score (nSPS) is 13.2. The number of hydrogen-bond acceptors (Lipinski definition) is 2. The summed E-state index contributed by atoms with van der Waals surface area (Å²) in [7, 11) is 0. The van der Waals surface area contributed by atoms with Crippen LogP contribution in [0.4, 0.5) is 17.6 Å². The van der Waals surface area contributed by atoms with Gasteiger partial charge in [0.2, 0.25) is 0 Å². The van der Waals surface area contributed by atoms with E-state index in [1.165, 1.54) is 6.07 Å². The van der Waals surface area contributed by atoms with Gasteiger partial charge in [0.05, 0.1) is 0 Å². The molecular weight excluding hydrogens is 252 g/mol. The maximum Gasteiger partial charge on any atom is 0.387 e. The lowest BCUT2D eigenvalue weighted by atomic mass is 10.1. The molecule has 1 N–H and O–H groups in total. The smallest absolute Gasteiger partial charge is 0.387 e. The van der Waals surface area contributed by atoms with Crippen molar-refractivity contribution in [3.8, 4) is 5.75 Å². The molecule has 1 rings (SSSR count). The van der Waals surface area contributed by atoms with Crippen molar-refractivity contribution < 1.29 is 27.4 Å². The zero-order chi connectivity index (χ0) is 12.3. The Labute approximate surface area is 93.4 Å². The van der Waals surface area contributed by atoms with E-state index in [4.69, 9.17) is 16.7 Å². The van der Waals surface area contributed by atoms with E-state index in [9.17, 15) is 17.6 Å². The molecule has 16 heavy (non-hydrogen) atoms. The van der Waals surface area contributed by atoms with Crippen LogP contribution in [0, 0.1) is 0 Å². The Bertz CT molecular complexity index is 359. The lowest BCUT2D eigenvalue weighted by molar-refractivity contribution is -0.0555. The highest BCUT2D eigenvalue weighted by Crippen LogP contribution is 2.32. The van der Waals surface area contributed by atoms with E-state index in [1.54, 1.807) is 0 Å². The number of aliphatic hydroxyl groups excluding tert-OH is 1. The van der Waals surface area contributed by atoms with Crippen molar-refractivity contribution in [3.63, 3.8) is 0 Å². The van der Waals surface area contributed by atoms with Crippen molar-refractivity contribution in [2.75, 3.05) is 0 Å². The van der Waals surface area contributed by atoms with Crippen LogP contribution in [0.1, 0.15) is 11.7 Å². The number of benzene rings is 1. The van der Waals surface area contributed by atoms with Gasteiger partial charge >= 0.3 is 6.61 Å². The maximum atomic E-state index is 12.2. The molecule has 1 aromatic rings. The molecule has 0 aliphatic heterocycles. The highest BCUT2D eigenvalue weighted by Gasteiger charge is 2.24. The fourth-order valence-electron chi connectivity index (χ4n) is 1.09. The van der Waals surface area contributed by atoms with Gasteiger partial charge in [-0.3, -0.25) is 0 Å². The summed E-state index contributed by atoms with van der Waals surface area (Å²) in [5, 5.41) is 9.12. The SMILES string of the molecule is OC(c1cc(Cl)ccc1OC(F)F)C(F)F. The van der Waals surface area contributed by atoms with Gasteiger partial charge in [-0.05, 0) is 18.2 Å². The zero-order valence-electron chi connectivity index (χ0n) is 7.71. The summed E-state index contributed by atoms with van der Waals surface area (Å²) in [6.45, 7) is -3.16. The molecule has 0 saturated carbocycles. The molecular formula is C9H7ClF4O2. The van der Waals surface area contributed by atoms with E-state index in [0.29, 0.717) is 0 Å². The topological polar surface area (TPSA) is 29.5 Å². The van der Waals surface area contributed by atoms with Crippen LogP contribution in [0.15, 0.2) is 18.2 Å². The molecule has 0 bridgehead atoms. The molecule has 0 amide bonds. The first-order valence-corrected chi connectivity index (χ1v) is 4.50. The molecule has 0 fully saturated rings. The van der Waals surface area contributed by atoms with Crippen molar-refractivity contribution in [2.45, 2.75) is 19.1 Å². The van der Waals surface area contributed by atoms with Crippen LogP contribution in [0.3, 0.4) is 0 Å². The number of rotatable bonds is 4. The average molecular weight is 259 g/mol. The standard InChI is InChI=1S/C9H7ClF4O2/c10-4-1-2-6(16-9(13)14)5(3-4)7(15)8(11)12/h1-3,7-9,15H. The predicted octanol–water partition coefficient (Wildman–Crippen LogP) is 3.24. The second-order valence-corrected chi connectivity index (χ2v) is 3.28. The van der Waals surface area contributed by atoms with Crippen molar-refractivity contribution >= 4 is 11.6 Å². The van der Waals surface area contributed by atoms with Crippen molar-refractivity contribution in [1.82, 2.24) is 0 Å². The minimum Gasteiger partial charge on any atom is -0.434 e. The summed E-state index contributed by atoms with van der Waals surface area (Å²) in [5.41, 5.74) is -0.470. The fourth-order valence-corrected chi connectivity index (χ4v) is 1.27. The Kier molecular flexibility index (Phi) is 4.37. The first-order valence-electron chi connectivity index (χ1n) is 4.12. The van der Waals surface area contributed by atoms with Crippen molar-refractivity contribution in [2.24, 2.45) is 0 Å². The number of ether oxygens (including phenoxy) is 1. The van der Waals surface area contributed by atoms with Crippen LogP contribution in [-0.2, 0) is 0 Å². The highest BCUT2D eigenvalue weighted by molar-refractivity contribution is 6.30. The summed E-state index contributed by atoms with van der Waals surface area (Å²) in [5.74, 6) is -0.521. The third-order valence-electron chi connectivity index (χ3n) is 1.75. The Morgan fingerprint density at radius 2 is 1.81 bits per heavy atom. The van der Waals surface area contributed by atoms with Gasteiger partial charge in [0.15, 0.2) is 0 Å². The van der Waals surface area contributed by atoms with E-state index in [1.807, 2.05) is 0 Å². The summed E-state index contributed by atoms with van der Waals surface area (Å²) in [6.07, 6.45) is -5.33. The zero-order valence-corrected chi connectivity index (χ0v) is 8.47. The molecule has 1 unspecified atom stereocenters. The molecule has 7 heteroatoms. The van der Waals surface area contributed by atoms with E-state index in [0.717, 1.165) is 12.1 Å². The number of hydrogen-bond donors (Lipinski definition) is 1. The van der Waals surface area contributed by atoms with Crippen molar-refractivity contribution in [3.05, 3.63) is 28.8 Å². The van der Waals surface area contributed by atoms with Gasteiger partial charge in [-0.25, -0.2) is 8.78 Å². The quantitative estimate of drug-likeness (QED) is 0.840. The molecule has 0 aliphatic carbocycles. The molecule has 2 nitrogen and oxygen atoms in total. The number of alkyl halides is 4. The predicted molar refractivity (Wildman–Crippen MR) is 49.0 cm³/mol. The Hall–Kier alpha value is -1.01. The molecule has 0 aliphatic rings. The van der Waals surface area contributed by atoms with E-state index < -0.39 is 30.5 Å². The van der Waals surface area contributed by atoms with E-state index >= 15 is 0 Å². The van der Waals surface area contributed by atoms with Crippen LogP contribution >= 0.6 is 11.6 Å². The largest absolute Gasteiger partial charge is 0.434 e. The summed E-state index contributed by atoms with van der Waals surface area (Å²) in [4.78, 5) is 0. The van der Waals surface area contributed by atoms with Gasteiger partial charge in [-0.1, -0.05) is 11.6 Å². The van der Waals surface area contributed by atoms with Gasteiger partial charge in [0, 0.05) is 10.6 Å². The Morgan fingerprint density at radius 3 is 2.31 bits per heavy atom. The Balaban J connectivity index is 3.07. The maximum absolute atomic E-state index is 12.2. The molecule has 0 radical (unpaired) electrons. The lowest BCUT2D eigenvalue weighted by Gasteiger charge is -2.15. The van der Waals surface area contributed by atoms with Gasteiger partial charge in [-0.15, -0.1) is 0 Å². The minimum absolute atomic E-state index is 0.0383. The van der Waals surface area contributed by atoms with E-state index in [2.05, 4.69) is 4.74 Å². The fraction of sp³-hybridized carbons (Fsp3) is 0.333. The van der Waals surface area contributed by atoms with Crippen LogP contribution in [-0.4, -0.2) is 18.1 Å². The van der Waals surface area contributed by atoms with E-state index in [-0.39, 0.29) is 5.02 Å². The summed E-state index contributed by atoms with van der Waals surface area (Å²) < 4.78 is 52.3. The average Bonchev–Trinajstić information content (AvgIpc) is 2.18. The Morgan fingerprint density at radius 1 is 1.19 bits per heavy atom. The van der Waals surface area contributed by atoms with Crippen LogP contribution in [0.5, 0.6) is 5.75 Å². The van der Waals surface area contributed by atoms with Gasteiger partial charge in [0.25, 0.3) is 6.43 Å². The number of aliphatic hydroxyl groups is 1. The number of halogens is 5. The van der Waals surface area contributed by atoms with Gasteiger partial charge in [-0.2, -0.15) is 8.78 Å². The molecule has 0 heterocycles. The van der Waals surface area contributed by atoms with Gasteiger partial charge < -0.3 is 9.84 Å². The second-order valence-electron chi connectivity index (χ2n) is 2.84. The molecule has 1 aromatic carbocycles. The van der Waals surface area contributed by atoms with Crippen LogP contribution < -0.4 is 4.74 Å². The monoisotopic (exact) mass is 258 g/mol. The van der Waals surface area contributed by atoms with Gasteiger partial charge in [0.1, 0.15) is 11.9 Å². The molecule has 90 valence electrons. The minimum atomic E-state index is -3.16. The molecule has 0 aromatic heterocycles. The molecule has 0 saturated heterocycles. The second kappa shape index (κ2) is 5.36. The first kappa shape index (κ1) is 13.1.